The van der Waals surface area contributed by atoms with Gasteiger partial charge in [0.1, 0.15) is 5.82 Å². The van der Waals surface area contributed by atoms with Gasteiger partial charge in [-0.25, -0.2) is 8.78 Å². The summed E-state index contributed by atoms with van der Waals surface area (Å²) in [5.41, 5.74) is 4.69. The first-order chi connectivity index (χ1) is 10.0. The Morgan fingerprint density at radius 2 is 1.81 bits per heavy atom. The predicted octanol–water partition coefficient (Wildman–Crippen LogP) is 2.24. The van der Waals surface area contributed by atoms with Crippen LogP contribution in [-0.2, 0) is 0 Å². The lowest BCUT2D eigenvalue weighted by molar-refractivity contribution is 0.0962. The summed E-state index contributed by atoms with van der Waals surface area (Å²) in [5, 5.41) is 9.25. The van der Waals surface area contributed by atoms with Crippen LogP contribution in [-0.4, -0.2) is 17.3 Å². The Hall–Kier alpha value is -2.96. The van der Waals surface area contributed by atoms with Crippen LogP contribution < -0.4 is 10.9 Å². The summed E-state index contributed by atoms with van der Waals surface area (Å²) >= 11 is 0. The van der Waals surface area contributed by atoms with E-state index in [1.165, 1.54) is 24.3 Å². The molecule has 21 heavy (non-hydrogen) atoms. The molecule has 0 aliphatic heterocycles. The van der Waals surface area contributed by atoms with Crippen LogP contribution in [0, 0.1) is 11.6 Å². The number of aldehydes is 1. The zero-order valence-corrected chi connectivity index (χ0v) is 10.6. The first-order valence-corrected chi connectivity index (χ1v) is 5.81. The number of rotatable bonds is 4. The molecule has 5 nitrogen and oxygen atoms in total. The molecule has 0 fully saturated rings. The molecule has 3 N–H and O–H groups in total. The van der Waals surface area contributed by atoms with E-state index in [-0.39, 0.29) is 17.4 Å². The molecule has 0 spiro atoms. The van der Waals surface area contributed by atoms with Gasteiger partial charge in [0.15, 0.2) is 17.9 Å². The van der Waals surface area contributed by atoms with E-state index in [2.05, 4.69) is 10.9 Å². The number of hydrogen-bond acceptors (Lipinski definition) is 4. The molecule has 2 rings (SSSR count). The molecule has 0 atom stereocenters. The Labute approximate surface area is 118 Å². The van der Waals surface area contributed by atoms with Crippen molar-refractivity contribution in [1.82, 2.24) is 5.43 Å². The number of phenols is 1. The van der Waals surface area contributed by atoms with Crippen LogP contribution in [0.5, 0.6) is 5.75 Å². The molecule has 2 aromatic rings. The van der Waals surface area contributed by atoms with Gasteiger partial charge in [0, 0.05) is 5.56 Å². The van der Waals surface area contributed by atoms with E-state index in [1.807, 2.05) is 0 Å². The normalized spacial score (nSPS) is 10.0. The first-order valence-electron chi connectivity index (χ1n) is 5.81. The minimum absolute atomic E-state index is 0.151. The molecule has 2 aromatic carbocycles. The summed E-state index contributed by atoms with van der Waals surface area (Å²) in [6.07, 6.45) is 0.239. The fraction of sp³-hybridized carbons (Fsp3) is 0. The topological polar surface area (TPSA) is 78.4 Å². The van der Waals surface area contributed by atoms with Crippen LogP contribution >= 0.6 is 0 Å². The average molecular weight is 292 g/mol. The van der Waals surface area contributed by atoms with Crippen molar-refractivity contribution in [3.8, 4) is 5.75 Å². The summed E-state index contributed by atoms with van der Waals surface area (Å²) in [4.78, 5) is 22.5. The molecule has 0 aromatic heterocycles. The fourth-order valence-electron chi connectivity index (χ4n) is 1.58. The third-order valence-corrected chi connectivity index (χ3v) is 2.65. The second kappa shape index (κ2) is 6.00. The largest absolute Gasteiger partial charge is 0.504 e. The summed E-state index contributed by atoms with van der Waals surface area (Å²) in [6.45, 7) is 0. The summed E-state index contributed by atoms with van der Waals surface area (Å²) in [7, 11) is 0. The minimum Gasteiger partial charge on any atom is -0.504 e. The van der Waals surface area contributed by atoms with Crippen molar-refractivity contribution in [2.45, 2.75) is 0 Å². The van der Waals surface area contributed by atoms with E-state index in [0.717, 1.165) is 12.1 Å². The van der Waals surface area contributed by atoms with Gasteiger partial charge in [0.25, 0.3) is 5.91 Å². The van der Waals surface area contributed by atoms with Crippen molar-refractivity contribution in [2.75, 3.05) is 5.43 Å². The molecule has 0 saturated heterocycles. The maximum Gasteiger partial charge on any atom is 0.269 e. The Balaban J connectivity index is 2.11. The number of hydrazine groups is 1. The zero-order chi connectivity index (χ0) is 15.4. The van der Waals surface area contributed by atoms with E-state index in [1.54, 1.807) is 0 Å². The van der Waals surface area contributed by atoms with Gasteiger partial charge in [-0.1, -0.05) is 0 Å². The molecule has 0 aliphatic carbocycles. The van der Waals surface area contributed by atoms with E-state index in [4.69, 9.17) is 0 Å². The van der Waals surface area contributed by atoms with Crippen LogP contribution in [0.1, 0.15) is 20.7 Å². The Kier molecular flexibility index (Phi) is 4.13. The first kappa shape index (κ1) is 14.4. The molecular weight excluding hydrogens is 282 g/mol. The molecular formula is C14H10F2N2O3. The fourth-order valence-corrected chi connectivity index (χ4v) is 1.58. The lowest BCUT2D eigenvalue weighted by Crippen LogP contribution is -2.29. The van der Waals surface area contributed by atoms with Crippen LogP contribution in [0.4, 0.5) is 14.5 Å². The number of benzene rings is 2. The van der Waals surface area contributed by atoms with E-state index in [0.29, 0.717) is 5.69 Å². The van der Waals surface area contributed by atoms with E-state index < -0.39 is 23.3 Å². The van der Waals surface area contributed by atoms with E-state index >= 15 is 0 Å². The number of phenolic OH excluding ortho intramolecular Hbond substituents is 1. The number of hydrogen-bond donors (Lipinski definition) is 3. The van der Waals surface area contributed by atoms with Gasteiger partial charge in [-0.2, -0.15) is 0 Å². The highest BCUT2D eigenvalue weighted by atomic mass is 19.1. The highest BCUT2D eigenvalue weighted by Crippen LogP contribution is 2.21. The lowest BCUT2D eigenvalue weighted by Gasteiger charge is -2.09. The number of halogens is 2. The third-order valence-electron chi connectivity index (χ3n) is 2.65. The predicted molar refractivity (Wildman–Crippen MR) is 70.9 cm³/mol. The van der Waals surface area contributed by atoms with Crippen molar-refractivity contribution in [3.05, 3.63) is 59.2 Å². The Bertz CT molecular complexity index is 687. The second-order valence-corrected chi connectivity index (χ2v) is 4.10. The second-order valence-electron chi connectivity index (χ2n) is 4.10. The smallest absolute Gasteiger partial charge is 0.269 e. The monoisotopic (exact) mass is 292 g/mol. The zero-order valence-electron chi connectivity index (χ0n) is 10.6. The van der Waals surface area contributed by atoms with Gasteiger partial charge in [0.2, 0.25) is 0 Å². The van der Waals surface area contributed by atoms with Gasteiger partial charge in [-0.15, -0.1) is 0 Å². The van der Waals surface area contributed by atoms with Gasteiger partial charge in [-0.3, -0.25) is 20.4 Å². The van der Waals surface area contributed by atoms with Gasteiger partial charge in [-0.05, 0) is 36.4 Å². The molecule has 7 heteroatoms. The molecule has 0 radical (unpaired) electrons. The minimum atomic E-state index is -1.08. The number of carbonyl (C=O) groups is 2. The number of amides is 1. The number of nitrogens with one attached hydrogen (secondary N) is 2. The number of aromatic hydroxyl groups is 1. The quantitative estimate of drug-likeness (QED) is 0.596. The number of anilines is 1. The van der Waals surface area contributed by atoms with Gasteiger partial charge < -0.3 is 5.11 Å². The standard InChI is InChI=1S/C14H10F2N2O3/c15-10-1-3-11(4-2-10)17-18-14(21)8-5-9(7-19)13(20)12(16)6-8/h1-7,17,20H,(H,18,21). The SMILES string of the molecule is O=Cc1cc(C(=O)NNc2ccc(F)cc2)cc(F)c1O. The van der Waals surface area contributed by atoms with Crippen molar-refractivity contribution < 1.29 is 23.5 Å². The summed E-state index contributed by atoms with van der Waals surface area (Å²) < 4.78 is 26.0. The van der Waals surface area contributed by atoms with Crippen molar-refractivity contribution >= 4 is 17.9 Å². The molecule has 108 valence electrons. The van der Waals surface area contributed by atoms with Crippen molar-refractivity contribution in [3.63, 3.8) is 0 Å². The van der Waals surface area contributed by atoms with Crippen molar-refractivity contribution in [2.24, 2.45) is 0 Å². The number of carbonyl (C=O) groups excluding carboxylic acids is 2. The molecule has 0 saturated carbocycles. The molecule has 0 bridgehead atoms. The van der Waals surface area contributed by atoms with Gasteiger partial charge in [0.05, 0.1) is 11.3 Å². The van der Waals surface area contributed by atoms with Crippen LogP contribution in [0.3, 0.4) is 0 Å². The van der Waals surface area contributed by atoms with Crippen LogP contribution in [0.25, 0.3) is 0 Å². The van der Waals surface area contributed by atoms with E-state index in [9.17, 15) is 23.5 Å². The van der Waals surface area contributed by atoms with Gasteiger partial charge >= 0.3 is 0 Å². The van der Waals surface area contributed by atoms with Crippen LogP contribution in [0.15, 0.2) is 36.4 Å². The summed E-state index contributed by atoms with van der Waals surface area (Å²) in [6, 6.07) is 7.02. The average Bonchev–Trinajstić information content (AvgIpc) is 2.49. The molecule has 0 unspecified atom stereocenters. The molecule has 0 aliphatic rings. The Morgan fingerprint density at radius 1 is 1.14 bits per heavy atom. The maximum absolute atomic E-state index is 13.3. The molecule has 0 heterocycles. The third kappa shape index (κ3) is 3.33. The van der Waals surface area contributed by atoms with Crippen molar-refractivity contribution in [1.29, 1.82) is 0 Å². The highest BCUT2D eigenvalue weighted by Gasteiger charge is 2.14. The molecule has 1 amide bonds. The van der Waals surface area contributed by atoms with Crippen LogP contribution in [0.2, 0.25) is 0 Å². The summed E-state index contributed by atoms with van der Waals surface area (Å²) in [5.74, 6) is -3.04. The highest BCUT2D eigenvalue weighted by molar-refractivity contribution is 5.97. The maximum atomic E-state index is 13.3. The lowest BCUT2D eigenvalue weighted by atomic mass is 10.1. The Morgan fingerprint density at radius 3 is 2.43 bits per heavy atom.